The van der Waals surface area contributed by atoms with Crippen LogP contribution in [0.25, 0.3) is 0 Å². The molecule has 1 N–H and O–H groups in total. The number of halogens is 2. The summed E-state index contributed by atoms with van der Waals surface area (Å²) in [6, 6.07) is 12.6. The third-order valence-electron chi connectivity index (χ3n) is 4.40. The zero-order valence-corrected chi connectivity index (χ0v) is 13.8. The molecule has 1 aliphatic heterocycles. The SMILES string of the molecule is CCC(C)c1ccc2c(c1)CC(c1cc(Cl)ccc1Cl)N2. The Labute approximate surface area is 136 Å². The minimum atomic E-state index is 0.207. The molecule has 2 unspecified atom stereocenters. The third kappa shape index (κ3) is 2.90. The van der Waals surface area contributed by atoms with Crippen LogP contribution in [0.2, 0.25) is 10.0 Å². The van der Waals surface area contributed by atoms with Gasteiger partial charge in [-0.3, -0.25) is 0 Å². The molecule has 0 fully saturated rings. The summed E-state index contributed by atoms with van der Waals surface area (Å²) in [4.78, 5) is 0. The van der Waals surface area contributed by atoms with E-state index in [1.807, 2.05) is 18.2 Å². The van der Waals surface area contributed by atoms with Gasteiger partial charge in [0, 0.05) is 15.7 Å². The quantitative estimate of drug-likeness (QED) is 0.708. The lowest BCUT2D eigenvalue weighted by atomic mass is 9.95. The number of rotatable bonds is 3. The normalized spacial score (nSPS) is 18.2. The molecule has 1 heterocycles. The highest BCUT2D eigenvalue weighted by molar-refractivity contribution is 6.33. The first-order valence-electron chi connectivity index (χ1n) is 7.42. The van der Waals surface area contributed by atoms with Crippen LogP contribution in [0.5, 0.6) is 0 Å². The first-order chi connectivity index (χ1) is 10.1. The fourth-order valence-electron chi connectivity index (χ4n) is 2.89. The van der Waals surface area contributed by atoms with Crippen LogP contribution in [0.15, 0.2) is 36.4 Å². The molecule has 110 valence electrons. The Morgan fingerprint density at radius 1 is 1.19 bits per heavy atom. The molecule has 0 saturated heterocycles. The van der Waals surface area contributed by atoms with Gasteiger partial charge in [0.25, 0.3) is 0 Å². The molecule has 0 aliphatic carbocycles. The first-order valence-corrected chi connectivity index (χ1v) is 8.18. The van der Waals surface area contributed by atoms with Gasteiger partial charge in [0.2, 0.25) is 0 Å². The van der Waals surface area contributed by atoms with E-state index < -0.39 is 0 Å². The van der Waals surface area contributed by atoms with E-state index in [0.717, 1.165) is 28.5 Å². The van der Waals surface area contributed by atoms with Gasteiger partial charge in [0.1, 0.15) is 0 Å². The van der Waals surface area contributed by atoms with Crippen LogP contribution in [-0.4, -0.2) is 0 Å². The largest absolute Gasteiger partial charge is 0.378 e. The molecule has 0 spiro atoms. The van der Waals surface area contributed by atoms with Crippen molar-refractivity contribution < 1.29 is 0 Å². The van der Waals surface area contributed by atoms with Gasteiger partial charge in [-0.1, -0.05) is 49.2 Å². The molecular formula is C18H19Cl2N. The highest BCUT2D eigenvalue weighted by Crippen LogP contribution is 2.39. The Balaban J connectivity index is 1.89. The Morgan fingerprint density at radius 2 is 2.00 bits per heavy atom. The molecule has 0 aromatic heterocycles. The number of hydrogen-bond acceptors (Lipinski definition) is 1. The van der Waals surface area contributed by atoms with Gasteiger partial charge in [-0.25, -0.2) is 0 Å². The maximum absolute atomic E-state index is 6.32. The molecule has 0 bridgehead atoms. The molecule has 2 atom stereocenters. The molecule has 2 aromatic carbocycles. The van der Waals surface area contributed by atoms with E-state index in [1.54, 1.807) is 0 Å². The number of benzene rings is 2. The van der Waals surface area contributed by atoms with Gasteiger partial charge in [0.15, 0.2) is 0 Å². The van der Waals surface area contributed by atoms with Crippen molar-refractivity contribution in [2.24, 2.45) is 0 Å². The predicted octanol–water partition coefficient (Wildman–Crippen LogP) is 6.22. The van der Waals surface area contributed by atoms with Crippen molar-refractivity contribution in [3.8, 4) is 0 Å². The van der Waals surface area contributed by atoms with Crippen LogP contribution < -0.4 is 5.32 Å². The van der Waals surface area contributed by atoms with Gasteiger partial charge in [-0.15, -0.1) is 0 Å². The predicted molar refractivity (Wildman–Crippen MR) is 91.7 cm³/mol. The average Bonchev–Trinajstić information content (AvgIpc) is 2.91. The summed E-state index contributed by atoms with van der Waals surface area (Å²) in [6.07, 6.45) is 2.12. The summed E-state index contributed by atoms with van der Waals surface area (Å²) in [7, 11) is 0. The molecule has 21 heavy (non-hydrogen) atoms. The highest BCUT2D eigenvalue weighted by atomic mass is 35.5. The zero-order chi connectivity index (χ0) is 15.0. The topological polar surface area (TPSA) is 12.0 Å². The van der Waals surface area contributed by atoms with Crippen molar-refractivity contribution in [3.05, 3.63) is 63.1 Å². The van der Waals surface area contributed by atoms with Crippen molar-refractivity contribution >= 4 is 28.9 Å². The van der Waals surface area contributed by atoms with E-state index >= 15 is 0 Å². The first kappa shape index (κ1) is 14.7. The van der Waals surface area contributed by atoms with E-state index in [2.05, 4.69) is 37.4 Å². The van der Waals surface area contributed by atoms with E-state index in [4.69, 9.17) is 23.2 Å². The van der Waals surface area contributed by atoms with Gasteiger partial charge in [-0.2, -0.15) is 0 Å². The molecule has 2 aromatic rings. The van der Waals surface area contributed by atoms with Crippen LogP contribution in [-0.2, 0) is 6.42 Å². The Kier molecular flexibility index (Phi) is 4.14. The maximum Gasteiger partial charge on any atom is 0.0570 e. The Morgan fingerprint density at radius 3 is 2.76 bits per heavy atom. The molecule has 0 radical (unpaired) electrons. The summed E-state index contributed by atoms with van der Waals surface area (Å²) < 4.78 is 0. The number of fused-ring (bicyclic) bond motifs is 1. The number of anilines is 1. The second kappa shape index (κ2) is 5.90. The zero-order valence-electron chi connectivity index (χ0n) is 12.3. The molecule has 1 nitrogen and oxygen atoms in total. The van der Waals surface area contributed by atoms with Crippen molar-refractivity contribution in [1.82, 2.24) is 0 Å². The van der Waals surface area contributed by atoms with Gasteiger partial charge in [0.05, 0.1) is 6.04 Å². The van der Waals surface area contributed by atoms with Crippen molar-refractivity contribution in [1.29, 1.82) is 0 Å². The maximum atomic E-state index is 6.32. The van der Waals surface area contributed by atoms with Gasteiger partial charge < -0.3 is 5.32 Å². The Hall–Kier alpha value is -1.18. The molecule has 0 saturated carbocycles. The lowest BCUT2D eigenvalue weighted by molar-refractivity contribution is 0.732. The fourth-order valence-corrected chi connectivity index (χ4v) is 3.32. The van der Waals surface area contributed by atoms with Gasteiger partial charge >= 0.3 is 0 Å². The van der Waals surface area contributed by atoms with Crippen LogP contribution in [0.4, 0.5) is 5.69 Å². The molecule has 3 heteroatoms. The third-order valence-corrected chi connectivity index (χ3v) is 4.98. The molecule has 1 aliphatic rings. The van der Waals surface area contributed by atoms with E-state index in [-0.39, 0.29) is 6.04 Å². The Bertz CT molecular complexity index is 666. The van der Waals surface area contributed by atoms with Crippen molar-refractivity contribution in [2.75, 3.05) is 5.32 Å². The second-order valence-electron chi connectivity index (χ2n) is 5.79. The lowest BCUT2D eigenvalue weighted by Gasteiger charge is -2.13. The number of nitrogens with one attached hydrogen (secondary N) is 1. The summed E-state index contributed by atoms with van der Waals surface area (Å²) in [6.45, 7) is 4.50. The minimum Gasteiger partial charge on any atom is -0.378 e. The van der Waals surface area contributed by atoms with Crippen molar-refractivity contribution in [2.45, 2.75) is 38.6 Å². The van der Waals surface area contributed by atoms with Crippen LogP contribution in [0.3, 0.4) is 0 Å². The van der Waals surface area contributed by atoms with E-state index in [1.165, 1.54) is 16.8 Å². The van der Waals surface area contributed by atoms with Crippen LogP contribution >= 0.6 is 23.2 Å². The average molecular weight is 320 g/mol. The molecular weight excluding hydrogens is 301 g/mol. The van der Waals surface area contributed by atoms with Crippen molar-refractivity contribution in [3.63, 3.8) is 0 Å². The molecule has 0 amide bonds. The highest BCUT2D eigenvalue weighted by Gasteiger charge is 2.24. The summed E-state index contributed by atoms with van der Waals surface area (Å²) in [5, 5.41) is 5.06. The van der Waals surface area contributed by atoms with Gasteiger partial charge in [-0.05, 0) is 59.7 Å². The summed E-state index contributed by atoms with van der Waals surface area (Å²) in [5.74, 6) is 0.601. The van der Waals surface area contributed by atoms with E-state index in [0.29, 0.717) is 5.92 Å². The van der Waals surface area contributed by atoms with E-state index in [9.17, 15) is 0 Å². The monoisotopic (exact) mass is 319 g/mol. The number of hydrogen-bond donors (Lipinski definition) is 1. The van der Waals surface area contributed by atoms with Crippen LogP contribution in [0.1, 0.15) is 48.9 Å². The summed E-state index contributed by atoms with van der Waals surface area (Å²) >= 11 is 12.4. The fraction of sp³-hybridized carbons (Fsp3) is 0.333. The smallest absolute Gasteiger partial charge is 0.0570 e. The summed E-state index contributed by atoms with van der Waals surface area (Å²) in [5.41, 5.74) is 5.07. The standard InChI is InChI=1S/C18H19Cl2N/c1-3-11(2)12-4-7-17-13(8-12)9-18(21-17)15-10-14(19)5-6-16(15)20/h4-8,10-11,18,21H,3,9H2,1-2H3. The second-order valence-corrected chi connectivity index (χ2v) is 6.64. The molecule has 3 rings (SSSR count). The minimum absolute atomic E-state index is 0.207. The lowest BCUT2D eigenvalue weighted by Crippen LogP contribution is -2.06. The van der Waals surface area contributed by atoms with Crippen LogP contribution in [0, 0.1) is 0 Å².